The SMILES string of the molecule is CCc1nn(CCC(C)C)c(CC)c1C(C)O. The highest BCUT2D eigenvalue weighted by Crippen LogP contribution is 2.24. The summed E-state index contributed by atoms with van der Waals surface area (Å²) in [5.41, 5.74) is 3.32. The zero-order valence-corrected chi connectivity index (χ0v) is 11.8. The fraction of sp³-hybridized carbons (Fsp3) is 0.786. The number of rotatable bonds is 6. The standard InChI is InChI=1S/C14H26N2O/c1-6-12-14(11(5)17)13(7-2)16(15-12)9-8-10(3)4/h10-11,17H,6-9H2,1-5H3. The Bertz CT molecular complexity index is 353. The van der Waals surface area contributed by atoms with Crippen LogP contribution < -0.4 is 0 Å². The maximum absolute atomic E-state index is 9.89. The molecule has 0 radical (unpaired) electrons. The Morgan fingerprint density at radius 1 is 1.18 bits per heavy atom. The van der Waals surface area contributed by atoms with Gasteiger partial charge in [-0.2, -0.15) is 5.10 Å². The van der Waals surface area contributed by atoms with E-state index in [1.165, 1.54) is 5.69 Å². The van der Waals surface area contributed by atoms with E-state index in [0.29, 0.717) is 5.92 Å². The van der Waals surface area contributed by atoms with E-state index in [1.54, 1.807) is 0 Å². The van der Waals surface area contributed by atoms with E-state index in [-0.39, 0.29) is 0 Å². The van der Waals surface area contributed by atoms with Crippen LogP contribution in [0.1, 0.15) is 64.1 Å². The van der Waals surface area contributed by atoms with E-state index >= 15 is 0 Å². The minimum Gasteiger partial charge on any atom is -0.389 e. The second-order valence-electron chi connectivity index (χ2n) is 5.10. The maximum atomic E-state index is 9.89. The number of aromatic nitrogens is 2. The number of aryl methyl sites for hydroxylation is 2. The van der Waals surface area contributed by atoms with E-state index in [0.717, 1.165) is 37.1 Å². The smallest absolute Gasteiger partial charge is 0.0798 e. The molecule has 1 aromatic heterocycles. The molecule has 0 spiro atoms. The van der Waals surface area contributed by atoms with Crippen molar-refractivity contribution in [2.75, 3.05) is 0 Å². The average molecular weight is 238 g/mol. The van der Waals surface area contributed by atoms with Gasteiger partial charge in [-0.05, 0) is 32.1 Å². The molecule has 0 aliphatic heterocycles. The second kappa shape index (κ2) is 6.20. The molecule has 0 bridgehead atoms. The lowest BCUT2D eigenvalue weighted by Crippen LogP contribution is -2.08. The highest BCUT2D eigenvalue weighted by molar-refractivity contribution is 5.28. The lowest BCUT2D eigenvalue weighted by molar-refractivity contribution is 0.197. The van der Waals surface area contributed by atoms with Crippen molar-refractivity contribution in [3.8, 4) is 0 Å². The van der Waals surface area contributed by atoms with Crippen molar-refractivity contribution in [3.05, 3.63) is 17.0 Å². The molecule has 0 saturated heterocycles. The number of hydrogen-bond donors (Lipinski definition) is 1. The molecule has 0 amide bonds. The normalized spacial score (nSPS) is 13.4. The van der Waals surface area contributed by atoms with E-state index in [1.807, 2.05) is 6.92 Å². The van der Waals surface area contributed by atoms with Crippen LogP contribution in [0.25, 0.3) is 0 Å². The summed E-state index contributed by atoms with van der Waals surface area (Å²) in [6, 6.07) is 0. The third kappa shape index (κ3) is 3.32. The molecular weight excluding hydrogens is 212 g/mol. The van der Waals surface area contributed by atoms with Crippen LogP contribution in [0.2, 0.25) is 0 Å². The van der Waals surface area contributed by atoms with Crippen LogP contribution in [0.4, 0.5) is 0 Å². The van der Waals surface area contributed by atoms with Crippen LogP contribution in [-0.2, 0) is 19.4 Å². The van der Waals surface area contributed by atoms with E-state index < -0.39 is 6.10 Å². The van der Waals surface area contributed by atoms with Crippen molar-refractivity contribution < 1.29 is 5.11 Å². The maximum Gasteiger partial charge on any atom is 0.0798 e. The van der Waals surface area contributed by atoms with Crippen LogP contribution >= 0.6 is 0 Å². The summed E-state index contributed by atoms with van der Waals surface area (Å²) in [6.45, 7) is 11.5. The van der Waals surface area contributed by atoms with Gasteiger partial charge in [-0.25, -0.2) is 0 Å². The molecule has 1 aromatic rings. The van der Waals surface area contributed by atoms with E-state index in [4.69, 9.17) is 0 Å². The van der Waals surface area contributed by atoms with Gasteiger partial charge in [0.1, 0.15) is 0 Å². The van der Waals surface area contributed by atoms with Gasteiger partial charge < -0.3 is 5.11 Å². The molecule has 1 N–H and O–H groups in total. The first-order valence-corrected chi connectivity index (χ1v) is 6.77. The molecule has 0 saturated carbocycles. The molecule has 17 heavy (non-hydrogen) atoms. The van der Waals surface area contributed by atoms with Gasteiger partial charge in [-0.1, -0.05) is 27.7 Å². The van der Waals surface area contributed by atoms with Gasteiger partial charge in [0.2, 0.25) is 0 Å². The highest BCUT2D eigenvalue weighted by atomic mass is 16.3. The monoisotopic (exact) mass is 238 g/mol. The van der Waals surface area contributed by atoms with Gasteiger partial charge in [0.05, 0.1) is 11.8 Å². The molecular formula is C14H26N2O. The Balaban J connectivity index is 3.04. The molecule has 0 fully saturated rings. The fourth-order valence-electron chi connectivity index (χ4n) is 2.25. The lowest BCUT2D eigenvalue weighted by Gasteiger charge is -2.10. The first-order valence-electron chi connectivity index (χ1n) is 6.77. The summed E-state index contributed by atoms with van der Waals surface area (Å²) in [6.07, 6.45) is 2.55. The summed E-state index contributed by atoms with van der Waals surface area (Å²) in [7, 11) is 0. The largest absolute Gasteiger partial charge is 0.389 e. The summed E-state index contributed by atoms with van der Waals surface area (Å²) in [4.78, 5) is 0. The number of aliphatic hydroxyl groups excluding tert-OH is 1. The average Bonchev–Trinajstić information content (AvgIpc) is 2.63. The summed E-state index contributed by atoms with van der Waals surface area (Å²) < 4.78 is 2.10. The summed E-state index contributed by atoms with van der Waals surface area (Å²) >= 11 is 0. The van der Waals surface area contributed by atoms with Gasteiger partial charge in [0.15, 0.2) is 0 Å². The van der Waals surface area contributed by atoms with Crippen molar-refractivity contribution in [1.29, 1.82) is 0 Å². The minimum atomic E-state index is -0.410. The van der Waals surface area contributed by atoms with Gasteiger partial charge >= 0.3 is 0 Å². The number of hydrogen-bond acceptors (Lipinski definition) is 2. The first kappa shape index (κ1) is 14.2. The Kier molecular flexibility index (Phi) is 5.19. The molecule has 3 nitrogen and oxygen atoms in total. The molecule has 1 unspecified atom stereocenters. The zero-order chi connectivity index (χ0) is 13.0. The highest BCUT2D eigenvalue weighted by Gasteiger charge is 2.18. The third-order valence-electron chi connectivity index (χ3n) is 3.18. The third-order valence-corrected chi connectivity index (χ3v) is 3.18. The van der Waals surface area contributed by atoms with Gasteiger partial charge in [0, 0.05) is 17.8 Å². The topological polar surface area (TPSA) is 38.0 Å². The van der Waals surface area contributed by atoms with Gasteiger partial charge in [-0.3, -0.25) is 4.68 Å². The van der Waals surface area contributed by atoms with Crippen LogP contribution in [-0.4, -0.2) is 14.9 Å². The molecule has 1 atom stereocenters. The molecule has 0 aliphatic carbocycles. The second-order valence-corrected chi connectivity index (χ2v) is 5.10. The predicted molar refractivity (Wildman–Crippen MR) is 71.1 cm³/mol. The number of nitrogens with zero attached hydrogens (tertiary/aromatic N) is 2. The quantitative estimate of drug-likeness (QED) is 0.827. The fourth-order valence-corrected chi connectivity index (χ4v) is 2.25. The Labute approximate surface area is 105 Å². The van der Waals surface area contributed by atoms with E-state index in [2.05, 4.69) is 37.5 Å². The number of aliphatic hydroxyl groups is 1. The van der Waals surface area contributed by atoms with Crippen LogP contribution in [0, 0.1) is 5.92 Å². The zero-order valence-electron chi connectivity index (χ0n) is 11.8. The van der Waals surface area contributed by atoms with Crippen molar-refractivity contribution in [1.82, 2.24) is 9.78 Å². The van der Waals surface area contributed by atoms with Crippen LogP contribution in [0.5, 0.6) is 0 Å². The van der Waals surface area contributed by atoms with Crippen LogP contribution in [0.15, 0.2) is 0 Å². The molecule has 0 aliphatic rings. The molecule has 3 heteroatoms. The Morgan fingerprint density at radius 3 is 2.24 bits per heavy atom. The van der Waals surface area contributed by atoms with Crippen molar-refractivity contribution in [3.63, 3.8) is 0 Å². The Hall–Kier alpha value is -0.830. The minimum absolute atomic E-state index is 0.410. The molecule has 98 valence electrons. The van der Waals surface area contributed by atoms with Crippen LogP contribution in [0.3, 0.4) is 0 Å². The predicted octanol–water partition coefficient (Wildman–Crippen LogP) is 3.11. The van der Waals surface area contributed by atoms with E-state index in [9.17, 15) is 5.11 Å². The lowest BCUT2D eigenvalue weighted by atomic mass is 10.0. The van der Waals surface area contributed by atoms with Crippen molar-refractivity contribution >= 4 is 0 Å². The first-order chi connectivity index (χ1) is 8.01. The van der Waals surface area contributed by atoms with Crippen molar-refractivity contribution in [2.24, 2.45) is 5.92 Å². The molecule has 1 heterocycles. The Morgan fingerprint density at radius 2 is 1.82 bits per heavy atom. The van der Waals surface area contributed by atoms with Crippen molar-refractivity contribution in [2.45, 2.75) is 66.5 Å². The summed E-state index contributed by atoms with van der Waals surface area (Å²) in [5, 5.41) is 14.5. The molecule has 0 aromatic carbocycles. The summed E-state index contributed by atoms with van der Waals surface area (Å²) in [5.74, 6) is 0.684. The molecule has 1 rings (SSSR count). The van der Waals surface area contributed by atoms with Gasteiger partial charge in [-0.15, -0.1) is 0 Å². The van der Waals surface area contributed by atoms with Gasteiger partial charge in [0.25, 0.3) is 0 Å².